The fourth-order valence-corrected chi connectivity index (χ4v) is 5.30. The maximum absolute atomic E-state index is 6.24. The molecule has 212 valence electrons. The standard InChI is InChI=1S/C38H29N5O/c1-43-25-34(27-20-22-39-23-21-27)38(42-43)30-16-18-32(19-17-30)44-26-31-24-36(33-14-8-9-15-35(33)40-31)41-37(28-10-4-2-5-11-28)29-12-6-3-7-13-29/h2-25H,26H2,1H3. The number of nitrogens with zero attached hydrogens (tertiary/aromatic N) is 5. The third-order valence-electron chi connectivity index (χ3n) is 7.41. The van der Waals surface area contributed by atoms with Crippen molar-refractivity contribution >= 4 is 22.3 Å². The predicted molar refractivity (Wildman–Crippen MR) is 176 cm³/mol. The highest BCUT2D eigenvalue weighted by Gasteiger charge is 2.14. The maximum atomic E-state index is 6.24. The number of hydrogen-bond donors (Lipinski definition) is 0. The van der Waals surface area contributed by atoms with Crippen LogP contribution in [0.3, 0.4) is 0 Å². The molecular formula is C38H29N5O. The molecule has 0 saturated heterocycles. The Hall–Kier alpha value is -5.88. The van der Waals surface area contributed by atoms with E-state index in [2.05, 4.69) is 35.3 Å². The molecule has 0 radical (unpaired) electrons. The molecule has 0 saturated carbocycles. The molecule has 3 aromatic heterocycles. The molecule has 0 amide bonds. The normalized spacial score (nSPS) is 10.9. The van der Waals surface area contributed by atoms with E-state index < -0.39 is 0 Å². The summed E-state index contributed by atoms with van der Waals surface area (Å²) in [6, 6.07) is 42.7. The van der Waals surface area contributed by atoms with Gasteiger partial charge in [0.2, 0.25) is 0 Å². The lowest BCUT2D eigenvalue weighted by Crippen LogP contribution is -2.03. The zero-order valence-electron chi connectivity index (χ0n) is 24.2. The second-order valence-corrected chi connectivity index (χ2v) is 10.5. The van der Waals surface area contributed by atoms with E-state index in [-0.39, 0.29) is 0 Å². The van der Waals surface area contributed by atoms with Gasteiger partial charge < -0.3 is 4.74 Å². The number of fused-ring (bicyclic) bond motifs is 1. The van der Waals surface area contributed by atoms with Crippen LogP contribution in [0.2, 0.25) is 0 Å². The minimum Gasteiger partial charge on any atom is -0.487 e. The number of aromatic nitrogens is 4. The minimum atomic E-state index is 0.310. The Labute approximate surface area is 256 Å². The van der Waals surface area contributed by atoms with Crippen molar-refractivity contribution < 1.29 is 4.74 Å². The third-order valence-corrected chi connectivity index (χ3v) is 7.41. The number of para-hydroxylation sites is 1. The van der Waals surface area contributed by atoms with Crippen LogP contribution < -0.4 is 4.74 Å². The Morgan fingerprint density at radius 3 is 2.09 bits per heavy atom. The van der Waals surface area contributed by atoms with Crippen molar-refractivity contribution in [2.45, 2.75) is 6.61 Å². The van der Waals surface area contributed by atoms with Gasteiger partial charge in [0.1, 0.15) is 18.1 Å². The highest BCUT2D eigenvalue weighted by atomic mass is 16.5. The summed E-state index contributed by atoms with van der Waals surface area (Å²) in [6.45, 7) is 0.310. The maximum Gasteiger partial charge on any atom is 0.130 e. The molecule has 0 aliphatic heterocycles. The lowest BCUT2D eigenvalue weighted by molar-refractivity contribution is 0.302. The molecule has 0 aliphatic carbocycles. The van der Waals surface area contributed by atoms with Crippen LogP contribution in [0.5, 0.6) is 5.75 Å². The van der Waals surface area contributed by atoms with Crippen molar-refractivity contribution in [2.75, 3.05) is 0 Å². The molecule has 6 heteroatoms. The molecule has 7 aromatic rings. The minimum absolute atomic E-state index is 0.310. The van der Waals surface area contributed by atoms with Crippen LogP contribution in [0, 0.1) is 0 Å². The summed E-state index contributed by atoms with van der Waals surface area (Å²) >= 11 is 0. The number of pyridine rings is 2. The topological polar surface area (TPSA) is 65.2 Å². The second-order valence-electron chi connectivity index (χ2n) is 10.5. The first kappa shape index (κ1) is 27.0. The van der Waals surface area contributed by atoms with Crippen LogP contribution in [0.1, 0.15) is 16.8 Å². The van der Waals surface area contributed by atoms with Crippen LogP contribution in [0.15, 0.2) is 151 Å². The molecule has 6 nitrogen and oxygen atoms in total. The highest BCUT2D eigenvalue weighted by molar-refractivity contribution is 6.14. The monoisotopic (exact) mass is 571 g/mol. The lowest BCUT2D eigenvalue weighted by Gasteiger charge is -2.12. The van der Waals surface area contributed by atoms with Gasteiger partial charge in [-0.05, 0) is 54.1 Å². The van der Waals surface area contributed by atoms with Crippen LogP contribution in [-0.4, -0.2) is 25.5 Å². The van der Waals surface area contributed by atoms with Gasteiger partial charge in [-0.2, -0.15) is 5.10 Å². The Kier molecular flexibility index (Phi) is 7.45. The van der Waals surface area contributed by atoms with Gasteiger partial charge in [-0.3, -0.25) is 9.67 Å². The van der Waals surface area contributed by atoms with Gasteiger partial charge >= 0.3 is 0 Å². The molecule has 0 spiro atoms. The largest absolute Gasteiger partial charge is 0.487 e. The summed E-state index contributed by atoms with van der Waals surface area (Å²) in [5.74, 6) is 0.754. The molecule has 0 N–H and O–H groups in total. The average Bonchev–Trinajstić information content (AvgIpc) is 3.49. The number of benzene rings is 4. The van der Waals surface area contributed by atoms with Gasteiger partial charge in [0.05, 0.1) is 22.6 Å². The summed E-state index contributed by atoms with van der Waals surface area (Å²) in [7, 11) is 1.93. The van der Waals surface area contributed by atoms with Crippen molar-refractivity contribution in [3.8, 4) is 28.1 Å². The molecule has 0 atom stereocenters. The van der Waals surface area contributed by atoms with Crippen molar-refractivity contribution in [1.29, 1.82) is 0 Å². The Morgan fingerprint density at radius 2 is 1.39 bits per heavy atom. The third kappa shape index (κ3) is 5.74. The van der Waals surface area contributed by atoms with Crippen LogP contribution in [0.4, 0.5) is 5.69 Å². The molecular weight excluding hydrogens is 542 g/mol. The fraction of sp³-hybridized carbons (Fsp3) is 0.0526. The average molecular weight is 572 g/mol. The van der Waals surface area contributed by atoms with E-state index in [1.54, 1.807) is 12.4 Å². The number of rotatable bonds is 8. The summed E-state index contributed by atoms with van der Waals surface area (Å²) in [4.78, 5) is 14.3. The quantitative estimate of drug-likeness (QED) is 0.172. The Balaban J connectivity index is 1.18. The molecule has 0 fully saturated rings. The van der Waals surface area contributed by atoms with E-state index in [1.165, 1.54) is 0 Å². The van der Waals surface area contributed by atoms with E-state index in [0.717, 1.165) is 67.3 Å². The zero-order valence-corrected chi connectivity index (χ0v) is 24.2. The first-order valence-corrected chi connectivity index (χ1v) is 14.5. The first-order valence-electron chi connectivity index (χ1n) is 14.5. The Bertz CT molecular complexity index is 2010. The number of aliphatic imine (C=N–C) groups is 1. The van der Waals surface area contributed by atoms with Crippen molar-refractivity contribution in [3.05, 3.63) is 163 Å². The number of ether oxygens (including phenoxy) is 1. The first-order chi connectivity index (χ1) is 21.7. The van der Waals surface area contributed by atoms with Gasteiger partial charge in [-0.1, -0.05) is 78.9 Å². The molecule has 0 aliphatic rings. The predicted octanol–water partition coefficient (Wildman–Crippen LogP) is 8.45. The zero-order chi connectivity index (χ0) is 29.7. The molecule has 0 unspecified atom stereocenters. The van der Waals surface area contributed by atoms with E-state index >= 15 is 0 Å². The van der Waals surface area contributed by atoms with Crippen molar-refractivity contribution in [1.82, 2.24) is 19.7 Å². The molecule has 44 heavy (non-hydrogen) atoms. The van der Waals surface area contributed by atoms with Gasteiger partial charge in [-0.15, -0.1) is 0 Å². The molecule has 4 aromatic carbocycles. The van der Waals surface area contributed by atoms with Crippen molar-refractivity contribution in [2.24, 2.45) is 12.0 Å². The van der Waals surface area contributed by atoms with E-state index in [9.17, 15) is 0 Å². The van der Waals surface area contributed by atoms with Crippen LogP contribution in [0.25, 0.3) is 33.3 Å². The fourth-order valence-electron chi connectivity index (χ4n) is 5.30. The van der Waals surface area contributed by atoms with Gasteiger partial charge in [0.15, 0.2) is 0 Å². The highest BCUT2D eigenvalue weighted by Crippen LogP contribution is 2.32. The van der Waals surface area contributed by atoms with Crippen LogP contribution >= 0.6 is 0 Å². The SMILES string of the molecule is Cn1cc(-c2ccncc2)c(-c2ccc(OCc3cc(N=C(c4ccccc4)c4ccccc4)c4ccccc4n3)cc2)n1. The number of hydrogen-bond acceptors (Lipinski definition) is 5. The summed E-state index contributed by atoms with van der Waals surface area (Å²) in [5, 5.41) is 5.71. The Morgan fingerprint density at radius 1 is 0.727 bits per heavy atom. The van der Waals surface area contributed by atoms with Gasteiger partial charge in [0.25, 0.3) is 0 Å². The molecule has 7 rings (SSSR count). The van der Waals surface area contributed by atoms with E-state index in [1.807, 2.05) is 115 Å². The van der Waals surface area contributed by atoms with Crippen LogP contribution in [-0.2, 0) is 13.7 Å². The van der Waals surface area contributed by atoms with Gasteiger partial charge in [0, 0.05) is 53.3 Å². The summed E-state index contributed by atoms with van der Waals surface area (Å²) in [5.41, 5.74) is 9.61. The van der Waals surface area contributed by atoms with Gasteiger partial charge in [-0.25, -0.2) is 9.98 Å². The smallest absolute Gasteiger partial charge is 0.130 e. The molecule has 0 bridgehead atoms. The lowest BCUT2D eigenvalue weighted by atomic mass is 10.0. The second kappa shape index (κ2) is 12.2. The molecule has 3 heterocycles. The van der Waals surface area contributed by atoms with E-state index in [0.29, 0.717) is 6.61 Å². The summed E-state index contributed by atoms with van der Waals surface area (Å²) in [6.07, 6.45) is 5.62. The number of aryl methyl sites for hydroxylation is 1. The van der Waals surface area contributed by atoms with E-state index in [4.69, 9.17) is 19.8 Å². The van der Waals surface area contributed by atoms with Crippen molar-refractivity contribution in [3.63, 3.8) is 0 Å². The summed E-state index contributed by atoms with van der Waals surface area (Å²) < 4.78 is 8.07.